The highest BCUT2D eigenvalue weighted by molar-refractivity contribution is 5.04. The summed E-state index contributed by atoms with van der Waals surface area (Å²) in [6.07, 6.45) is 2.59. The molecule has 2 rings (SSSR count). The molecule has 1 saturated carbocycles. The number of hydrogen-bond acceptors (Lipinski definition) is 2. The molecule has 0 radical (unpaired) electrons. The summed E-state index contributed by atoms with van der Waals surface area (Å²) in [5.41, 5.74) is 1.14. The third kappa shape index (κ3) is 2.23. The second-order valence-electron chi connectivity index (χ2n) is 3.89. The molecule has 0 spiro atoms. The molecule has 14 heavy (non-hydrogen) atoms. The summed E-state index contributed by atoms with van der Waals surface area (Å²) in [5, 5.41) is 3.40. The van der Waals surface area contributed by atoms with Gasteiger partial charge in [0.1, 0.15) is 0 Å². The van der Waals surface area contributed by atoms with Crippen LogP contribution in [0, 0.1) is 6.92 Å². The fraction of sp³-hybridized carbons (Fsp3) is 0.545. The van der Waals surface area contributed by atoms with Crippen molar-refractivity contribution in [3.8, 4) is 0 Å². The van der Waals surface area contributed by atoms with Gasteiger partial charge in [0.2, 0.25) is 0 Å². The maximum atomic E-state index is 11.5. The second kappa shape index (κ2) is 3.96. The van der Waals surface area contributed by atoms with Crippen LogP contribution in [0.3, 0.4) is 0 Å². The van der Waals surface area contributed by atoms with E-state index in [1.165, 1.54) is 12.8 Å². The Hall–Kier alpha value is -1.09. The Kier molecular flexibility index (Phi) is 2.68. The van der Waals surface area contributed by atoms with Gasteiger partial charge < -0.3 is 9.88 Å². The Labute approximate surface area is 83.8 Å². The molecule has 0 aliphatic heterocycles. The molecule has 3 heteroatoms. The van der Waals surface area contributed by atoms with Crippen molar-refractivity contribution >= 4 is 0 Å². The third-order valence-corrected chi connectivity index (χ3v) is 2.61. The molecule has 0 bridgehead atoms. The lowest BCUT2D eigenvalue weighted by molar-refractivity contribution is 0.573. The number of aromatic nitrogens is 1. The predicted octanol–water partition coefficient (Wildman–Crippen LogP) is 0.909. The molecule has 1 heterocycles. The summed E-state index contributed by atoms with van der Waals surface area (Å²) in [7, 11) is 0. The van der Waals surface area contributed by atoms with Crippen molar-refractivity contribution in [2.75, 3.05) is 6.54 Å². The molecular formula is C11H16N2O. The highest BCUT2D eigenvalue weighted by atomic mass is 16.1. The van der Waals surface area contributed by atoms with Crippen LogP contribution < -0.4 is 10.9 Å². The maximum absolute atomic E-state index is 11.5. The fourth-order valence-electron chi connectivity index (χ4n) is 1.58. The highest BCUT2D eigenvalue weighted by Gasteiger charge is 2.19. The quantitative estimate of drug-likeness (QED) is 0.769. The van der Waals surface area contributed by atoms with Crippen molar-refractivity contribution in [2.45, 2.75) is 32.4 Å². The molecule has 0 unspecified atom stereocenters. The van der Waals surface area contributed by atoms with E-state index < -0.39 is 0 Å². The van der Waals surface area contributed by atoms with E-state index in [1.807, 2.05) is 23.6 Å². The molecule has 1 aromatic heterocycles. The molecule has 0 aromatic carbocycles. The average molecular weight is 192 g/mol. The van der Waals surface area contributed by atoms with E-state index >= 15 is 0 Å². The number of nitrogens with one attached hydrogen (secondary N) is 1. The van der Waals surface area contributed by atoms with Crippen molar-refractivity contribution in [2.24, 2.45) is 0 Å². The van der Waals surface area contributed by atoms with Crippen LogP contribution in [-0.2, 0) is 6.54 Å². The predicted molar refractivity (Wildman–Crippen MR) is 56.5 cm³/mol. The molecule has 1 aliphatic rings. The van der Waals surface area contributed by atoms with Crippen LogP contribution in [0.5, 0.6) is 0 Å². The zero-order valence-corrected chi connectivity index (χ0v) is 8.49. The number of pyridine rings is 1. The Balaban J connectivity index is 1.96. The Bertz CT molecular complexity index is 366. The highest BCUT2D eigenvalue weighted by Crippen LogP contribution is 2.17. The minimum absolute atomic E-state index is 0.0996. The van der Waals surface area contributed by atoms with Gasteiger partial charge in [0.15, 0.2) is 0 Å². The molecule has 1 fully saturated rings. The number of aryl methyl sites for hydroxylation is 1. The lowest BCUT2D eigenvalue weighted by Gasteiger charge is -2.09. The van der Waals surface area contributed by atoms with Crippen molar-refractivity contribution in [1.82, 2.24) is 9.88 Å². The zero-order valence-electron chi connectivity index (χ0n) is 8.49. The monoisotopic (exact) mass is 192 g/mol. The smallest absolute Gasteiger partial charge is 0.250 e. The molecular weight excluding hydrogens is 176 g/mol. The van der Waals surface area contributed by atoms with Crippen LogP contribution in [0.15, 0.2) is 23.0 Å². The minimum atomic E-state index is 0.0996. The van der Waals surface area contributed by atoms with Gasteiger partial charge in [-0.15, -0.1) is 0 Å². The normalized spacial score (nSPS) is 15.8. The van der Waals surface area contributed by atoms with Crippen LogP contribution in [0.4, 0.5) is 0 Å². The Morgan fingerprint density at radius 2 is 2.29 bits per heavy atom. The molecule has 76 valence electrons. The van der Waals surface area contributed by atoms with E-state index in [0.717, 1.165) is 24.8 Å². The summed E-state index contributed by atoms with van der Waals surface area (Å²) >= 11 is 0. The molecule has 3 nitrogen and oxygen atoms in total. The van der Waals surface area contributed by atoms with Crippen molar-refractivity contribution in [3.63, 3.8) is 0 Å². The summed E-state index contributed by atoms with van der Waals surface area (Å²) in [6, 6.07) is 6.11. The Morgan fingerprint density at radius 3 is 2.93 bits per heavy atom. The topological polar surface area (TPSA) is 34.0 Å². The van der Waals surface area contributed by atoms with Crippen LogP contribution >= 0.6 is 0 Å². The van der Waals surface area contributed by atoms with Gasteiger partial charge in [0.05, 0.1) is 0 Å². The van der Waals surface area contributed by atoms with Gasteiger partial charge in [-0.3, -0.25) is 4.79 Å². The lowest BCUT2D eigenvalue weighted by atomic mass is 10.3. The average Bonchev–Trinajstić information content (AvgIpc) is 2.94. The van der Waals surface area contributed by atoms with Crippen molar-refractivity contribution in [3.05, 3.63) is 34.2 Å². The standard InChI is InChI=1S/C11H16N2O/c1-9-3-2-4-11(14)13(9)8-7-12-10-5-6-10/h2-4,10,12H,5-8H2,1H3. The Morgan fingerprint density at radius 1 is 1.50 bits per heavy atom. The van der Waals surface area contributed by atoms with Crippen LogP contribution in [-0.4, -0.2) is 17.2 Å². The van der Waals surface area contributed by atoms with Gasteiger partial charge in [-0.1, -0.05) is 6.07 Å². The summed E-state index contributed by atoms with van der Waals surface area (Å²) < 4.78 is 1.81. The van der Waals surface area contributed by atoms with Gasteiger partial charge in [-0.2, -0.15) is 0 Å². The molecule has 0 amide bonds. The van der Waals surface area contributed by atoms with Crippen LogP contribution in [0.2, 0.25) is 0 Å². The summed E-state index contributed by atoms with van der Waals surface area (Å²) in [5.74, 6) is 0. The van der Waals surface area contributed by atoms with E-state index in [-0.39, 0.29) is 5.56 Å². The van der Waals surface area contributed by atoms with Crippen LogP contribution in [0.1, 0.15) is 18.5 Å². The SMILES string of the molecule is Cc1cccc(=O)n1CCNC1CC1. The van der Waals surface area contributed by atoms with Gasteiger partial charge in [0, 0.05) is 30.9 Å². The van der Waals surface area contributed by atoms with E-state index in [9.17, 15) is 4.79 Å². The van der Waals surface area contributed by atoms with E-state index in [4.69, 9.17) is 0 Å². The molecule has 0 saturated heterocycles. The first-order chi connectivity index (χ1) is 6.77. The third-order valence-electron chi connectivity index (χ3n) is 2.61. The summed E-state index contributed by atoms with van der Waals surface area (Å²) in [6.45, 7) is 3.65. The van der Waals surface area contributed by atoms with Crippen molar-refractivity contribution in [1.29, 1.82) is 0 Å². The van der Waals surface area contributed by atoms with E-state index in [1.54, 1.807) is 6.07 Å². The molecule has 0 atom stereocenters. The largest absolute Gasteiger partial charge is 0.312 e. The lowest BCUT2D eigenvalue weighted by Crippen LogP contribution is -2.28. The van der Waals surface area contributed by atoms with Gasteiger partial charge in [-0.25, -0.2) is 0 Å². The van der Waals surface area contributed by atoms with E-state index in [2.05, 4.69) is 5.32 Å². The van der Waals surface area contributed by atoms with Crippen molar-refractivity contribution < 1.29 is 0 Å². The van der Waals surface area contributed by atoms with Gasteiger partial charge in [0.25, 0.3) is 5.56 Å². The summed E-state index contributed by atoms with van der Waals surface area (Å²) in [4.78, 5) is 11.5. The number of hydrogen-bond donors (Lipinski definition) is 1. The van der Waals surface area contributed by atoms with Gasteiger partial charge >= 0.3 is 0 Å². The molecule has 1 aliphatic carbocycles. The first kappa shape index (κ1) is 9.46. The van der Waals surface area contributed by atoms with E-state index in [0.29, 0.717) is 0 Å². The molecule has 1 aromatic rings. The van der Waals surface area contributed by atoms with Crippen LogP contribution in [0.25, 0.3) is 0 Å². The first-order valence-corrected chi connectivity index (χ1v) is 5.17. The minimum Gasteiger partial charge on any atom is -0.312 e. The first-order valence-electron chi connectivity index (χ1n) is 5.17. The maximum Gasteiger partial charge on any atom is 0.250 e. The van der Waals surface area contributed by atoms with Gasteiger partial charge in [-0.05, 0) is 25.8 Å². The zero-order chi connectivity index (χ0) is 9.97. The fourth-order valence-corrected chi connectivity index (χ4v) is 1.58. The number of nitrogens with zero attached hydrogens (tertiary/aromatic N) is 1. The second-order valence-corrected chi connectivity index (χ2v) is 3.89. The number of rotatable bonds is 4. The molecule has 1 N–H and O–H groups in total.